The number of hydrogen-bond acceptors (Lipinski definition) is 4. The maximum Gasteiger partial charge on any atom is 0.254 e. The SMILES string of the molecule is Cc1ccc(/C(C=N)=C/NCC23CC(C2)C3)c(-c2ccc3c(c2)C(=O)N(C)C3)n1. The zero-order valence-electron chi connectivity index (χ0n) is 17.0. The van der Waals surface area contributed by atoms with Gasteiger partial charge in [0, 0.05) is 60.5 Å². The first-order chi connectivity index (χ1) is 14.0. The van der Waals surface area contributed by atoms with Crippen molar-refractivity contribution < 1.29 is 4.79 Å². The Kier molecular flexibility index (Phi) is 4.09. The Morgan fingerprint density at radius 3 is 2.79 bits per heavy atom. The number of rotatable bonds is 6. The van der Waals surface area contributed by atoms with Crippen molar-refractivity contribution in [1.82, 2.24) is 15.2 Å². The summed E-state index contributed by atoms with van der Waals surface area (Å²) in [5.41, 5.74) is 6.68. The number of hydrogen-bond donors (Lipinski definition) is 2. The summed E-state index contributed by atoms with van der Waals surface area (Å²) >= 11 is 0. The van der Waals surface area contributed by atoms with Gasteiger partial charge in [0.1, 0.15) is 0 Å². The molecule has 4 aliphatic rings. The number of benzene rings is 1. The summed E-state index contributed by atoms with van der Waals surface area (Å²) in [7, 11) is 1.83. The lowest BCUT2D eigenvalue weighted by atomic mass is 9.44. The fourth-order valence-corrected chi connectivity index (χ4v) is 5.05. The van der Waals surface area contributed by atoms with Crippen molar-refractivity contribution in [3.05, 3.63) is 58.9 Å². The van der Waals surface area contributed by atoms with Crippen LogP contribution in [0.5, 0.6) is 0 Å². The van der Waals surface area contributed by atoms with Crippen molar-refractivity contribution in [2.45, 2.75) is 32.7 Å². The molecule has 5 heteroatoms. The zero-order chi connectivity index (χ0) is 20.2. The molecule has 2 heterocycles. The monoisotopic (exact) mass is 386 g/mol. The number of nitrogens with zero attached hydrogens (tertiary/aromatic N) is 2. The van der Waals surface area contributed by atoms with Gasteiger partial charge in [-0.1, -0.05) is 18.2 Å². The van der Waals surface area contributed by atoms with Crippen LogP contribution in [0.15, 0.2) is 36.5 Å². The lowest BCUT2D eigenvalue weighted by molar-refractivity contribution is -0.100. The van der Waals surface area contributed by atoms with E-state index >= 15 is 0 Å². The maximum absolute atomic E-state index is 12.4. The molecule has 2 aromatic rings. The van der Waals surface area contributed by atoms with Gasteiger partial charge < -0.3 is 15.6 Å². The Balaban J connectivity index is 1.48. The topological polar surface area (TPSA) is 69.1 Å². The quantitative estimate of drug-likeness (QED) is 0.737. The third-order valence-electron chi connectivity index (χ3n) is 6.77. The number of nitrogens with one attached hydrogen (secondary N) is 2. The van der Waals surface area contributed by atoms with Crippen LogP contribution in [0.4, 0.5) is 0 Å². The average Bonchev–Trinajstić information content (AvgIpc) is 2.93. The first-order valence-electron chi connectivity index (χ1n) is 10.3. The molecule has 3 fully saturated rings. The van der Waals surface area contributed by atoms with Gasteiger partial charge in [-0.3, -0.25) is 9.78 Å². The lowest BCUT2D eigenvalue weighted by Gasteiger charge is -2.62. The second-order valence-electron chi connectivity index (χ2n) is 8.99. The summed E-state index contributed by atoms with van der Waals surface area (Å²) in [6.07, 6.45) is 7.39. The van der Waals surface area contributed by atoms with Crippen LogP contribution in [-0.4, -0.2) is 35.6 Å². The van der Waals surface area contributed by atoms with E-state index in [1.165, 1.54) is 25.5 Å². The second kappa shape index (κ2) is 6.55. The fourth-order valence-electron chi connectivity index (χ4n) is 5.05. The van der Waals surface area contributed by atoms with Crippen molar-refractivity contribution in [2.75, 3.05) is 13.6 Å². The molecule has 0 radical (unpaired) electrons. The van der Waals surface area contributed by atoms with Crippen molar-refractivity contribution in [3.8, 4) is 11.3 Å². The molecule has 148 valence electrons. The highest BCUT2D eigenvalue weighted by Crippen LogP contribution is 2.63. The van der Waals surface area contributed by atoms with Gasteiger partial charge in [-0.05, 0) is 55.2 Å². The summed E-state index contributed by atoms with van der Waals surface area (Å²) < 4.78 is 0. The smallest absolute Gasteiger partial charge is 0.254 e. The first-order valence-corrected chi connectivity index (χ1v) is 10.3. The molecule has 0 atom stereocenters. The van der Waals surface area contributed by atoms with Crippen LogP contribution in [0.1, 0.15) is 46.4 Å². The van der Waals surface area contributed by atoms with Crippen LogP contribution in [0.3, 0.4) is 0 Å². The number of pyridine rings is 1. The Morgan fingerprint density at radius 2 is 2.10 bits per heavy atom. The van der Waals surface area contributed by atoms with E-state index in [1.807, 2.05) is 50.5 Å². The molecule has 1 aromatic heterocycles. The molecule has 2 bridgehead atoms. The summed E-state index contributed by atoms with van der Waals surface area (Å²) in [5, 5.41) is 11.4. The number of carbonyl (C=O) groups excluding carboxylic acids is 1. The van der Waals surface area contributed by atoms with Crippen LogP contribution < -0.4 is 5.32 Å². The fraction of sp³-hybridized carbons (Fsp3) is 0.375. The van der Waals surface area contributed by atoms with Crippen molar-refractivity contribution in [3.63, 3.8) is 0 Å². The Labute approximate surface area is 171 Å². The molecule has 5 nitrogen and oxygen atoms in total. The molecule has 2 N–H and O–H groups in total. The Morgan fingerprint density at radius 1 is 1.31 bits per heavy atom. The highest BCUT2D eigenvalue weighted by Gasteiger charge is 2.55. The van der Waals surface area contributed by atoms with E-state index in [1.54, 1.807) is 4.90 Å². The number of aromatic nitrogens is 1. The summed E-state index contributed by atoms with van der Waals surface area (Å²) in [6, 6.07) is 10.0. The standard InChI is InChI=1S/C24H26N4O/c1-15-3-6-20(19(11-25)12-26-14-24-8-16(9-24)10-24)22(27-15)17-4-5-18-13-28(2)23(29)21(18)7-17/h3-7,11-12,16,25-26H,8-10,13-14H2,1-2H3/b19-12+,25-11?. The highest BCUT2D eigenvalue weighted by atomic mass is 16.2. The van der Waals surface area contributed by atoms with Gasteiger partial charge in [0.25, 0.3) is 5.91 Å². The minimum absolute atomic E-state index is 0.0547. The number of carbonyl (C=O) groups is 1. The zero-order valence-corrected chi connectivity index (χ0v) is 17.0. The van der Waals surface area contributed by atoms with E-state index in [0.29, 0.717) is 12.0 Å². The van der Waals surface area contributed by atoms with Crippen molar-refractivity contribution >= 4 is 17.7 Å². The van der Waals surface area contributed by atoms with Crippen LogP contribution >= 0.6 is 0 Å². The Bertz CT molecular complexity index is 1040. The van der Waals surface area contributed by atoms with Crippen molar-refractivity contribution in [1.29, 1.82) is 5.41 Å². The van der Waals surface area contributed by atoms with E-state index in [9.17, 15) is 4.79 Å². The third-order valence-corrected chi connectivity index (χ3v) is 6.77. The lowest BCUT2D eigenvalue weighted by Crippen LogP contribution is -2.56. The molecule has 6 rings (SSSR count). The van der Waals surface area contributed by atoms with Gasteiger partial charge in [-0.15, -0.1) is 0 Å². The highest BCUT2D eigenvalue weighted by molar-refractivity contribution is 6.10. The van der Waals surface area contributed by atoms with Gasteiger partial charge in [0.2, 0.25) is 0 Å². The summed E-state index contributed by atoms with van der Waals surface area (Å²) in [4.78, 5) is 19.0. The number of fused-ring (bicyclic) bond motifs is 1. The second-order valence-corrected chi connectivity index (χ2v) is 8.99. The van der Waals surface area contributed by atoms with Gasteiger partial charge in [0.05, 0.1) is 5.69 Å². The molecule has 29 heavy (non-hydrogen) atoms. The predicted molar refractivity (Wildman–Crippen MR) is 115 cm³/mol. The predicted octanol–water partition coefficient (Wildman–Crippen LogP) is 4.02. The van der Waals surface area contributed by atoms with Gasteiger partial charge in [-0.2, -0.15) is 0 Å². The normalized spacial score (nSPS) is 24.6. The van der Waals surface area contributed by atoms with E-state index in [0.717, 1.165) is 51.7 Å². The van der Waals surface area contributed by atoms with Crippen molar-refractivity contribution in [2.24, 2.45) is 11.3 Å². The molecule has 0 unspecified atom stereocenters. The number of allylic oxidation sites excluding steroid dienone is 1. The number of aryl methyl sites for hydroxylation is 1. The maximum atomic E-state index is 12.4. The van der Waals surface area contributed by atoms with Gasteiger partial charge >= 0.3 is 0 Å². The number of amides is 1. The van der Waals surface area contributed by atoms with E-state index < -0.39 is 0 Å². The third kappa shape index (κ3) is 2.96. The first kappa shape index (κ1) is 18.1. The molecule has 1 amide bonds. The Hall–Kier alpha value is -2.95. The molecule has 0 spiro atoms. The average molecular weight is 386 g/mol. The van der Waals surface area contributed by atoms with Crippen LogP contribution in [0.2, 0.25) is 0 Å². The van der Waals surface area contributed by atoms with Crippen LogP contribution in [0, 0.1) is 23.7 Å². The molecule has 0 saturated heterocycles. The minimum Gasteiger partial charge on any atom is -0.390 e. The molecular formula is C24H26N4O. The minimum atomic E-state index is 0.0547. The molecular weight excluding hydrogens is 360 g/mol. The van der Waals surface area contributed by atoms with E-state index in [2.05, 4.69) is 5.32 Å². The molecule has 1 aliphatic heterocycles. The summed E-state index contributed by atoms with van der Waals surface area (Å²) in [5.74, 6) is 1.02. The van der Waals surface area contributed by atoms with Gasteiger partial charge in [-0.25, -0.2) is 0 Å². The molecule has 3 aliphatic carbocycles. The van der Waals surface area contributed by atoms with E-state index in [-0.39, 0.29) is 5.91 Å². The summed E-state index contributed by atoms with van der Waals surface area (Å²) in [6.45, 7) is 3.60. The molecule has 1 aromatic carbocycles. The van der Waals surface area contributed by atoms with Crippen LogP contribution in [-0.2, 0) is 6.54 Å². The largest absolute Gasteiger partial charge is 0.390 e. The van der Waals surface area contributed by atoms with Gasteiger partial charge in [0.15, 0.2) is 0 Å². The van der Waals surface area contributed by atoms with E-state index in [4.69, 9.17) is 10.4 Å². The van der Waals surface area contributed by atoms with Crippen LogP contribution in [0.25, 0.3) is 16.8 Å². The molecule has 3 saturated carbocycles.